The van der Waals surface area contributed by atoms with Gasteiger partial charge < -0.3 is 10.1 Å². The van der Waals surface area contributed by atoms with Crippen molar-refractivity contribution in [1.29, 1.82) is 5.26 Å². The van der Waals surface area contributed by atoms with Crippen LogP contribution in [0.4, 0.5) is 11.6 Å². The second-order valence-electron chi connectivity index (χ2n) is 4.85. The van der Waals surface area contributed by atoms with Crippen molar-refractivity contribution in [1.82, 2.24) is 19.7 Å². The van der Waals surface area contributed by atoms with Crippen LogP contribution in [0.25, 0.3) is 11.1 Å². The molecule has 114 valence electrons. The van der Waals surface area contributed by atoms with Gasteiger partial charge in [-0.05, 0) is 17.7 Å². The molecule has 0 spiro atoms. The third kappa shape index (κ3) is 3.11. The van der Waals surface area contributed by atoms with Crippen molar-refractivity contribution >= 4 is 11.6 Å². The van der Waals surface area contributed by atoms with E-state index >= 15 is 0 Å². The largest absolute Gasteiger partial charge is 0.495 e. The van der Waals surface area contributed by atoms with E-state index in [1.807, 2.05) is 19.3 Å². The Morgan fingerprint density at radius 2 is 1.96 bits per heavy atom. The summed E-state index contributed by atoms with van der Waals surface area (Å²) in [6.45, 7) is 0. The number of nitrogens with one attached hydrogen (secondary N) is 1. The van der Waals surface area contributed by atoms with Gasteiger partial charge >= 0.3 is 0 Å². The smallest absolute Gasteiger partial charge is 0.227 e. The van der Waals surface area contributed by atoms with Gasteiger partial charge in [0.25, 0.3) is 0 Å². The quantitative estimate of drug-likeness (QED) is 0.796. The van der Waals surface area contributed by atoms with Crippen molar-refractivity contribution in [3.8, 4) is 22.9 Å². The molecule has 0 radical (unpaired) electrons. The monoisotopic (exact) mass is 306 g/mol. The Morgan fingerprint density at radius 1 is 1.17 bits per heavy atom. The molecular weight excluding hydrogens is 292 g/mol. The lowest BCUT2D eigenvalue weighted by Gasteiger charge is -2.07. The van der Waals surface area contributed by atoms with Crippen LogP contribution in [0.15, 0.2) is 43.0 Å². The first-order valence-corrected chi connectivity index (χ1v) is 6.86. The number of anilines is 2. The van der Waals surface area contributed by atoms with Gasteiger partial charge in [0.15, 0.2) is 0 Å². The number of hydrogen-bond donors (Lipinski definition) is 1. The van der Waals surface area contributed by atoms with E-state index in [1.54, 1.807) is 35.4 Å². The minimum atomic E-state index is 0.488. The van der Waals surface area contributed by atoms with Crippen molar-refractivity contribution in [2.75, 3.05) is 12.4 Å². The molecule has 3 rings (SSSR count). The van der Waals surface area contributed by atoms with Crippen LogP contribution in [-0.4, -0.2) is 26.9 Å². The Kier molecular flexibility index (Phi) is 3.89. The van der Waals surface area contributed by atoms with Crippen molar-refractivity contribution < 1.29 is 4.74 Å². The van der Waals surface area contributed by atoms with Crippen molar-refractivity contribution in [3.05, 3.63) is 48.5 Å². The summed E-state index contributed by atoms with van der Waals surface area (Å²) in [5.74, 6) is 1.02. The number of ether oxygens (including phenoxy) is 1. The van der Waals surface area contributed by atoms with Crippen LogP contribution in [-0.2, 0) is 7.05 Å². The minimum absolute atomic E-state index is 0.488. The fraction of sp³-hybridized carbons (Fsp3) is 0.125. The van der Waals surface area contributed by atoms with Crippen LogP contribution >= 0.6 is 0 Å². The lowest BCUT2D eigenvalue weighted by molar-refractivity contribution is 0.413. The van der Waals surface area contributed by atoms with Crippen LogP contribution in [0.1, 0.15) is 5.56 Å². The topological polar surface area (TPSA) is 88.7 Å². The van der Waals surface area contributed by atoms with E-state index in [1.165, 1.54) is 7.11 Å². The Morgan fingerprint density at radius 3 is 2.57 bits per heavy atom. The van der Waals surface area contributed by atoms with Gasteiger partial charge in [0.05, 0.1) is 24.6 Å². The number of benzene rings is 1. The number of nitrogens with zero attached hydrogens (tertiary/aromatic N) is 5. The molecule has 0 saturated carbocycles. The molecule has 23 heavy (non-hydrogen) atoms. The van der Waals surface area contributed by atoms with Crippen LogP contribution < -0.4 is 10.1 Å². The molecule has 7 nitrogen and oxygen atoms in total. The first-order chi connectivity index (χ1) is 11.2. The third-order valence-corrected chi connectivity index (χ3v) is 3.27. The van der Waals surface area contributed by atoms with Gasteiger partial charge in [0, 0.05) is 31.2 Å². The highest BCUT2D eigenvalue weighted by Gasteiger charge is 2.07. The van der Waals surface area contributed by atoms with E-state index in [0.29, 0.717) is 17.3 Å². The van der Waals surface area contributed by atoms with Gasteiger partial charge in [-0.2, -0.15) is 10.4 Å². The predicted octanol–water partition coefficient (Wildman–Crippen LogP) is 2.50. The zero-order valence-corrected chi connectivity index (χ0v) is 12.7. The highest BCUT2D eigenvalue weighted by atomic mass is 16.5. The molecule has 0 atom stereocenters. The van der Waals surface area contributed by atoms with Crippen molar-refractivity contribution in [2.45, 2.75) is 0 Å². The van der Waals surface area contributed by atoms with Crippen molar-refractivity contribution in [2.24, 2.45) is 7.05 Å². The molecule has 2 heterocycles. The van der Waals surface area contributed by atoms with Gasteiger partial charge in [-0.3, -0.25) is 4.68 Å². The summed E-state index contributed by atoms with van der Waals surface area (Å²) in [4.78, 5) is 8.59. The number of methoxy groups -OCH3 is 1. The summed E-state index contributed by atoms with van der Waals surface area (Å²) >= 11 is 0. The number of rotatable bonds is 4. The normalized spacial score (nSPS) is 10.1. The molecule has 2 aromatic heterocycles. The summed E-state index contributed by atoms with van der Waals surface area (Å²) < 4.78 is 6.91. The zero-order valence-electron chi connectivity index (χ0n) is 12.7. The summed E-state index contributed by atoms with van der Waals surface area (Å²) in [5, 5.41) is 16.2. The maximum atomic E-state index is 9.02. The van der Waals surface area contributed by atoms with Crippen LogP contribution in [0.5, 0.6) is 5.75 Å². The molecule has 0 aliphatic rings. The molecule has 0 fully saturated rings. The van der Waals surface area contributed by atoms with E-state index in [2.05, 4.69) is 26.5 Å². The Bertz CT molecular complexity index is 863. The van der Waals surface area contributed by atoms with E-state index in [9.17, 15) is 0 Å². The maximum Gasteiger partial charge on any atom is 0.227 e. The fourth-order valence-electron chi connectivity index (χ4n) is 2.12. The molecule has 7 heteroatoms. The van der Waals surface area contributed by atoms with Gasteiger partial charge in [-0.25, -0.2) is 9.97 Å². The number of hydrogen-bond acceptors (Lipinski definition) is 6. The lowest BCUT2D eigenvalue weighted by Crippen LogP contribution is -1.96. The summed E-state index contributed by atoms with van der Waals surface area (Å²) in [6, 6.07) is 7.45. The fourth-order valence-corrected chi connectivity index (χ4v) is 2.12. The standard InChI is InChI=1S/C16H14N6O/c1-22-10-14(9-20-22)21-16-18-7-13(8-19-16)11-3-4-12(6-17)15(5-11)23-2/h3-5,7-10H,1-2H3,(H,18,19,21). The molecule has 1 N–H and O–H groups in total. The maximum absolute atomic E-state index is 9.02. The third-order valence-electron chi connectivity index (χ3n) is 3.27. The van der Waals surface area contributed by atoms with E-state index in [0.717, 1.165) is 16.8 Å². The molecule has 0 saturated heterocycles. The molecule has 0 amide bonds. The highest BCUT2D eigenvalue weighted by molar-refractivity contribution is 5.66. The predicted molar refractivity (Wildman–Crippen MR) is 85.2 cm³/mol. The first-order valence-electron chi connectivity index (χ1n) is 6.86. The van der Waals surface area contributed by atoms with Gasteiger partial charge in [0.2, 0.25) is 5.95 Å². The highest BCUT2D eigenvalue weighted by Crippen LogP contribution is 2.26. The molecule has 0 aliphatic carbocycles. The van der Waals surface area contributed by atoms with E-state index < -0.39 is 0 Å². The number of aromatic nitrogens is 4. The Balaban J connectivity index is 1.83. The molecule has 3 aromatic rings. The average molecular weight is 306 g/mol. The molecule has 0 aliphatic heterocycles. The second kappa shape index (κ2) is 6.15. The SMILES string of the molecule is COc1cc(-c2cnc(Nc3cnn(C)c3)nc2)ccc1C#N. The van der Waals surface area contributed by atoms with E-state index in [-0.39, 0.29) is 0 Å². The first kappa shape index (κ1) is 14.5. The molecule has 0 bridgehead atoms. The number of nitriles is 1. The molecule has 1 aromatic carbocycles. The molecule has 0 unspecified atom stereocenters. The average Bonchev–Trinajstić information content (AvgIpc) is 3.00. The van der Waals surface area contributed by atoms with Crippen LogP contribution in [0, 0.1) is 11.3 Å². The lowest BCUT2D eigenvalue weighted by atomic mass is 10.1. The van der Waals surface area contributed by atoms with Gasteiger partial charge in [-0.15, -0.1) is 0 Å². The Hall–Kier alpha value is -3.40. The zero-order chi connectivity index (χ0) is 16.2. The Labute approximate surface area is 133 Å². The van der Waals surface area contributed by atoms with E-state index in [4.69, 9.17) is 10.00 Å². The summed E-state index contributed by atoms with van der Waals surface area (Å²) in [5.41, 5.74) is 3.03. The summed E-state index contributed by atoms with van der Waals surface area (Å²) in [7, 11) is 3.38. The van der Waals surface area contributed by atoms with Crippen LogP contribution in [0.2, 0.25) is 0 Å². The number of aryl methyl sites for hydroxylation is 1. The van der Waals surface area contributed by atoms with Gasteiger partial charge in [-0.1, -0.05) is 6.07 Å². The van der Waals surface area contributed by atoms with Crippen molar-refractivity contribution in [3.63, 3.8) is 0 Å². The van der Waals surface area contributed by atoms with Crippen LogP contribution in [0.3, 0.4) is 0 Å². The molecular formula is C16H14N6O. The van der Waals surface area contributed by atoms with Gasteiger partial charge in [0.1, 0.15) is 11.8 Å². The minimum Gasteiger partial charge on any atom is -0.495 e. The second-order valence-corrected chi connectivity index (χ2v) is 4.85. The summed E-state index contributed by atoms with van der Waals surface area (Å²) in [6.07, 6.45) is 6.96.